The second-order valence-corrected chi connectivity index (χ2v) is 11.8. The fourth-order valence-electron chi connectivity index (χ4n) is 4.18. The highest BCUT2D eigenvalue weighted by atomic mass is 32.2. The van der Waals surface area contributed by atoms with E-state index in [2.05, 4.69) is 15.3 Å². The number of pyridine rings is 2. The van der Waals surface area contributed by atoms with Gasteiger partial charge in [-0.05, 0) is 50.1 Å². The van der Waals surface area contributed by atoms with Crippen molar-refractivity contribution in [3.8, 4) is 0 Å². The third-order valence-electron chi connectivity index (χ3n) is 6.52. The number of fused-ring (bicyclic) bond motifs is 1. The van der Waals surface area contributed by atoms with Crippen molar-refractivity contribution in [2.45, 2.75) is 49.8 Å². The number of benzene rings is 1. The maximum atomic E-state index is 14.9. The van der Waals surface area contributed by atoms with Gasteiger partial charge in [-0.2, -0.15) is 13.2 Å². The van der Waals surface area contributed by atoms with Gasteiger partial charge in [0.05, 0.1) is 27.9 Å². The first-order valence-corrected chi connectivity index (χ1v) is 12.1. The number of nitrogens with two attached hydrogens (primary N) is 1. The maximum Gasteiger partial charge on any atom is 0.411 e. The number of alkyl halides is 3. The summed E-state index contributed by atoms with van der Waals surface area (Å²) in [6, 6.07) is 6.96. The number of hydrogen-bond donors (Lipinski definition) is 2. The van der Waals surface area contributed by atoms with Crippen LogP contribution in [-0.4, -0.2) is 41.2 Å². The molecule has 2 atom stereocenters. The Hall–Kier alpha value is -2.63. The third kappa shape index (κ3) is 3.85. The minimum absolute atomic E-state index is 0.0684. The fraction of sp³-hybridized carbons (Fsp3) is 0.391. The Morgan fingerprint density at radius 3 is 2.53 bits per heavy atom. The summed E-state index contributed by atoms with van der Waals surface area (Å²) in [6.45, 7) is 4.37. The lowest BCUT2D eigenvalue weighted by Crippen LogP contribution is -2.74. The molecule has 0 aliphatic carbocycles. The van der Waals surface area contributed by atoms with Crippen molar-refractivity contribution < 1.29 is 26.0 Å². The summed E-state index contributed by atoms with van der Waals surface area (Å²) >= 11 is 0. The SMILES string of the molecule is Cc1cnc2c(Cc3ccc(F)c([C@]4(C(F)(F)F)CS(=O)(=O)C(C)(C)C(N)N4)c3)nccc2c1. The molecule has 1 aliphatic rings. The number of sulfone groups is 1. The van der Waals surface area contributed by atoms with Crippen LogP contribution >= 0.6 is 0 Å². The third-order valence-corrected chi connectivity index (χ3v) is 9.19. The van der Waals surface area contributed by atoms with Gasteiger partial charge in [0, 0.05) is 29.8 Å². The first kappa shape index (κ1) is 24.5. The van der Waals surface area contributed by atoms with E-state index < -0.39 is 49.6 Å². The smallest absolute Gasteiger partial charge is 0.315 e. The van der Waals surface area contributed by atoms with Crippen LogP contribution in [0.4, 0.5) is 17.6 Å². The quantitative estimate of drug-likeness (QED) is 0.539. The lowest BCUT2D eigenvalue weighted by Gasteiger charge is -2.48. The van der Waals surface area contributed by atoms with Crippen molar-refractivity contribution in [2.75, 3.05) is 5.75 Å². The Morgan fingerprint density at radius 2 is 1.88 bits per heavy atom. The number of nitrogens with zero attached hydrogens (tertiary/aromatic N) is 2. The molecule has 0 spiro atoms. The monoisotopic (exact) mass is 496 g/mol. The van der Waals surface area contributed by atoms with E-state index in [0.29, 0.717) is 16.8 Å². The number of aromatic nitrogens is 2. The molecule has 1 saturated heterocycles. The largest absolute Gasteiger partial charge is 0.411 e. The second-order valence-electron chi connectivity index (χ2n) is 9.22. The van der Waals surface area contributed by atoms with Gasteiger partial charge in [-0.1, -0.05) is 12.1 Å². The first-order valence-electron chi connectivity index (χ1n) is 10.5. The van der Waals surface area contributed by atoms with Crippen LogP contribution in [0.2, 0.25) is 0 Å². The molecule has 34 heavy (non-hydrogen) atoms. The van der Waals surface area contributed by atoms with Gasteiger partial charge in [0.1, 0.15) is 5.82 Å². The van der Waals surface area contributed by atoms with E-state index in [4.69, 9.17) is 5.73 Å². The summed E-state index contributed by atoms with van der Waals surface area (Å²) in [7, 11) is -4.37. The highest BCUT2D eigenvalue weighted by Gasteiger charge is 2.65. The van der Waals surface area contributed by atoms with E-state index in [0.717, 1.165) is 23.1 Å². The van der Waals surface area contributed by atoms with E-state index >= 15 is 0 Å². The van der Waals surface area contributed by atoms with Crippen LogP contribution in [0.1, 0.15) is 36.2 Å². The molecule has 182 valence electrons. The zero-order valence-corrected chi connectivity index (χ0v) is 19.6. The number of aryl methyl sites for hydroxylation is 1. The second kappa shape index (κ2) is 7.96. The lowest BCUT2D eigenvalue weighted by atomic mass is 9.87. The van der Waals surface area contributed by atoms with Crippen molar-refractivity contribution in [1.82, 2.24) is 15.3 Å². The Balaban J connectivity index is 1.84. The van der Waals surface area contributed by atoms with E-state index in [-0.39, 0.29) is 6.42 Å². The normalized spacial score (nSPS) is 24.3. The predicted molar refractivity (Wildman–Crippen MR) is 120 cm³/mol. The average Bonchev–Trinajstić information content (AvgIpc) is 2.72. The van der Waals surface area contributed by atoms with Gasteiger partial charge in [-0.3, -0.25) is 15.3 Å². The fourth-order valence-corrected chi connectivity index (χ4v) is 5.97. The first-order chi connectivity index (χ1) is 15.7. The Morgan fingerprint density at radius 1 is 1.18 bits per heavy atom. The van der Waals surface area contributed by atoms with Gasteiger partial charge in [0.15, 0.2) is 15.4 Å². The summed E-state index contributed by atoms with van der Waals surface area (Å²) in [5, 5.41) is 3.02. The molecular formula is C23H24F4N4O2S. The maximum absolute atomic E-state index is 14.9. The Labute approximate surface area is 194 Å². The van der Waals surface area contributed by atoms with Crippen molar-refractivity contribution in [3.05, 3.63) is 70.9 Å². The van der Waals surface area contributed by atoms with Gasteiger partial charge in [0.2, 0.25) is 0 Å². The van der Waals surface area contributed by atoms with Crippen LogP contribution in [0.25, 0.3) is 10.9 Å². The summed E-state index contributed by atoms with van der Waals surface area (Å²) in [4.78, 5) is 8.69. The van der Waals surface area contributed by atoms with Crippen LogP contribution in [0.15, 0.2) is 42.7 Å². The molecule has 11 heteroatoms. The zero-order chi connectivity index (χ0) is 25.1. The number of halogens is 4. The molecule has 6 nitrogen and oxygen atoms in total. The molecule has 0 radical (unpaired) electrons. The molecule has 0 amide bonds. The van der Waals surface area contributed by atoms with Crippen LogP contribution < -0.4 is 11.1 Å². The van der Waals surface area contributed by atoms with E-state index in [9.17, 15) is 26.0 Å². The number of rotatable bonds is 3. The number of hydrogen-bond acceptors (Lipinski definition) is 6. The van der Waals surface area contributed by atoms with Gasteiger partial charge < -0.3 is 5.73 Å². The van der Waals surface area contributed by atoms with Gasteiger partial charge >= 0.3 is 6.18 Å². The molecule has 1 unspecified atom stereocenters. The summed E-state index contributed by atoms with van der Waals surface area (Å²) in [5.41, 5.74) is 4.15. The molecule has 4 rings (SSSR count). The zero-order valence-electron chi connectivity index (χ0n) is 18.7. The summed E-state index contributed by atoms with van der Waals surface area (Å²) in [6.07, 6.45) is -3.44. The molecule has 3 heterocycles. The van der Waals surface area contributed by atoms with E-state index in [1.807, 2.05) is 13.0 Å². The van der Waals surface area contributed by atoms with Crippen LogP contribution in [0.5, 0.6) is 0 Å². The standard InChI is InChI=1S/C23H24F4N4O2S/c1-13-8-15-6-7-29-18(19(15)30-11-13)10-14-4-5-17(24)16(9-14)22(23(25,26)27)12-34(32,33)21(2,3)20(28)31-22/h4-9,11,20,31H,10,12,28H2,1-3H3/t20?,22-/m0/s1. The molecule has 2 aromatic heterocycles. The van der Waals surface area contributed by atoms with Gasteiger partial charge in [-0.15, -0.1) is 0 Å². The molecular weight excluding hydrogens is 472 g/mol. The molecule has 0 saturated carbocycles. The van der Waals surface area contributed by atoms with Gasteiger partial charge in [-0.25, -0.2) is 12.8 Å². The molecule has 1 fully saturated rings. The topological polar surface area (TPSA) is 98.0 Å². The summed E-state index contributed by atoms with van der Waals surface area (Å²) in [5.74, 6) is -2.56. The number of nitrogens with one attached hydrogen (secondary N) is 1. The van der Waals surface area contributed by atoms with Crippen LogP contribution in [0.3, 0.4) is 0 Å². The highest BCUT2D eigenvalue weighted by Crippen LogP contribution is 2.46. The van der Waals surface area contributed by atoms with E-state index in [1.165, 1.54) is 19.9 Å². The molecule has 1 aliphatic heterocycles. The van der Waals surface area contributed by atoms with Crippen molar-refractivity contribution >= 4 is 20.7 Å². The van der Waals surface area contributed by atoms with Crippen molar-refractivity contribution in [1.29, 1.82) is 0 Å². The van der Waals surface area contributed by atoms with Crippen molar-refractivity contribution in [3.63, 3.8) is 0 Å². The molecule has 3 N–H and O–H groups in total. The van der Waals surface area contributed by atoms with Gasteiger partial charge in [0.25, 0.3) is 0 Å². The highest BCUT2D eigenvalue weighted by molar-refractivity contribution is 7.92. The molecule has 0 bridgehead atoms. The molecule has 1 aromatic carbocycles. The van der Waals surface area contributed by atoms with Crippen LogP contribution in [-0.2, 0) is 21.8 Å². The van der Waals surface area contributed by atoms with E-state index in [1.54, 1.807) is 18.5 Å². The molecule has 3 aromatic rings. The van der Waals surface area contributed by atoms with Crippen molar-refractivity contribution in [2.24, 2.45) is 5.73 Å². The minimum Gasteiger partial charge on any atom is -0.315 e. The predicted octanol–water partition coefficient (Wildman–Crippen LogP) is 3.51. The Bertz CT molecular complexity index is 1380. The Kier molecular flexibility index (Phi) is 5.73. The minimum atomic E-state index is -5.15. The summed E-state index contributed by atoms with van der Waals surface area (Å²) < 4.78 is 82.4. The van der Waals surface area contributed by atoms with Crippen LogP contribution in [0, 0.1) is 12.7 Å². The lowest BCUT2D eigenvalue weighted by molar-refractivity contribution is -0.199. The average molecular weight is 497 g/mol.